The van der Waals surface area contributed by atoms with Gasteiger partial charge in [-0.05, 0) is 42.0 Å². The van der Waals surface area contributed by atoms with Crippen LogP contribution in [0.15, 0.2) is 90.7 Å². The first kappa shape index (κ1) is 16.4. The number of halogens is 1. The summed E-state index contributed by atoms with van der Waals surface area (Å²) in [6, 6.07) is 24.5. The molecule has 0 N–H and O–H groups in total. The molecule has 0 fully saturated rings. The molecule has 0 aliphatic carbocycles. The predicted octanol–water partition coefficient (Wildman–Crippen LogP) is 6.04. The van der Waals surface area contributed by atoms with Crippen molar-refractivity contribution in [3.05, 3.63) is 112 Å². The predicted molar refractivity (Wildman–Crippen MR) is 105 cm³/mol. The van der Waals surface area contributed by atoms with E-state index in [2.05, 4.69) is 6.08 Å². The first-order chi connectivity index (χ1) is 12.7. The summed E-state index contributed by atoms with van der Waals surface area (Å²) in [6.07, 6.45) is 3.59. The Kier molecular flexibility index (Phi) is 4.42. The average Bonchev–Trinajstić information content (AvgIpc) is 2.68. The maximum atomic E-state index is 12.7. The van der Waals surface area contributed by atoms with Crippen LogP contribution in [0.5, 0.6) is 5.75 Å². The van der Waals surface area contributed by atoms with Gasteiger partial charge < -0.3 is 4.74 Å². The highest BCUT2D eigenvalue weighted by molar-refractivity contribution is 6.30. The number of ether oxygens (including phenoxy) is 1. The molecule has 3 aromatic carbocycles. The van der Waals surface area contributed by atoms with E-state index in [1.54, 1.807) is 24.3 Å². The van der Waals surface area contributed by atoms with Gasteiger partial charge in [0, 0.05) is 27.8 Å². The van der Waals surface area contributed by atoms with Gasteiger partial charge in [-0.25, -0.2) is 0 Å². The SMILES string of the molecule is O=C(/C=C1\Oc2ccccc2C=C1c1ccccc1)c1ccc(Cl)cc1. The summed E-state index contributed by atoms with van der Waals surface area (Å²) < 4.78 is 6.06. The van der Waals surface area contributed by atoms with Crippen LogP contribution in [-0.4, -0.2) is 5.78 Å². The maximum absolute atomic E-state index is 12.7. The third kappa shape index (κ3) is 3.32. The third-order valence-corrected chi connectivity index (χ3v) is 4.43. The lowest BCUT2D eigenvalue weighted by Crippen LogP contribution is -2.08. The zero-order chi connectivity index (χ0) is 17.9. The summed E-state index contributed by atoms with van der Waals surface area (Å²) in [5, 5.41) is 0.599. The van der Waals surface area contributed by atoms with Gasteiger partial charge in [0.1, 0.15) is 11.5 Å². The van der Waals surface area contributed by atoms with Crippen LogP contribution in [0.2, 0.25) is 5.02 Å². The van der Waals surface area contributed by atoms with Crippen LogP contribution in [-0.2, 0) is 0 Å². The number of hydrogen-bond acceptors (Lipinski definition) is 2. The van der Waals surface area contributed by atoms with Crippen LogP contribution in [0.1, 0.15) is 21.5 Å². The maximum Gasteiger partial charge on any atom is 0.189 e. The molecule has 4 rings (SSSR count). The van der Waals surface area contributed by atoms with Crippen molar-refractivity contribution >= 4 is 29.0 Å². The van der Waals surface area contributed by atoms with Gasteiger partial charge in [0.05, 0.1) is 0 Å². The topological polar surface area (TPSA) is 26.3 Å². The molecule has 126 valence electrons. The second-order valence-electron chi connectivity index (χ2n) is 5.94. The van der Waals surface area contributed by atoms with Crippen molar-refractivity contribution in [2.24, 2.45) is 0 Å². The van der Waals surface area contributed by atoms with E-state index in [0.29, 0.717) is 16.3 Å². The van der Waals surface area contributed by atoms with Crippen molar-refractivity contribution < 1.29 is 9.53 Å². The number of allylic oxidation sites excluding steroid dienone is 2. The van der Waals surface area contributed by atoms with E-state index in [4.69, 9.17) is 16.3 Å². The monoisotopic (exact) mass is 358 g/mol. The normalized spacial score (nSPS) is 14.3. The van der Waals surface area contributed by atoms with Gasteiger partial charge in [-0.3, -0.25) is 4.79 Å². The van der Waals surface area contributed by atoms with Gasteiger partial charge in [0.25, 0.3) is 0 Å². The van der Waals surface area contributed by atoms with E-state index in [1.165, 1.54) is 6.08 Å². The van der Waals surface area contributed by atoms with E-state index < -0.39 is 0 Å². The Balaban J connectivity index is 1.78. The van der Waals surface area contributed by atoms with Gasteiger partial charge in [0.2, 0.25) is 0 Å². The number of rotatable bonds is 3. The first-order valence-electron chi connectivity index (χ1n) is 8.27. The Morgan fingerprint density at radius 3 is 2.31 bits per heavy atom. The van der Waals surface area contributed by atoms with Crippen molar-refractivity contribution in [3.63, 3.8) is 0 Å². The molecule has 0 spiro atoms. The van der Waals surface area contributed by atoms with Gasteiger partial charge in [-0.1, -0.05) is 60.1 Å². The van der Waals surface area contributed by atoms with E-state index >= 15 is 0 Å². The molecule has 0 aromatic heterocycles. The quantitative estimate of drug-likeness (QED) is 0.421. The molecular weight excluding hydrogens is 344 g/mol. The van der Waals surface area contributed by atoms with E-state index in [-0.39, 0.29) is 5.78 Å². The Hall–Kier alpha value is -3.10. The molecule has 3 aromatic rings. The fourth-order valence-corrected chi connectivity index (χ4v) is 2.99. The van der Waals surface area contributed by atoms with Crippen LogP contribution in [0.25, 0.3) is 11.6 Å². The van der Waals surface area contributed by atoms with E-state index in [9.17, 15) is 4.79 Å². The molecule has 1 aliphatic heterocycles. The Bertz CT molecular complexity index is 1020. The molecule has 26 heavy (non-hydrogen) atoms. The Morgan fingerprint density at radius 1 is 0.846 bits per heavy atom. The zero-order valence-electron chi connectivity index (χ0n) is 13.9. The lowest BCUT2D eigenvalue weighted by atomic mass is 9.97. The van der Waals surface area contributed by atoms with Crippen LogP contribution in [0, 0.1) is 0 Å². The molecule has 0 saturated carbocycles. The van der Waals surface area contributed by atoms with Crippen molar-refractivity contribution in [3.8, 4) is 5.75 Å². The Labute approximate surface area is 157 Å². The van der Waals surface area contributed by atoms with E-state index in [1.807, 2.05) is 54.6 Å². The minimum Gasteiger partial charge on any atom is -0.456 e. The number of para-hydroxylation sites is 1. The molecule has 0 unspecified atom stereocenters. The standard InChI is InChI=1S/C23H15ClO2/c24-19-12-10-17(11-13-19)21(25)15-23-20(16-6-2-1-3-7-16)14-18-8-4-5-9-22(18)26-23/h1-15H/b23-15-. The second kappa shape index (κ2) is 7.03. The van der Waals surface area contributed by atoms with Gasteiger partial charge in [-0.15, -0.1) is 0 Å². The van der Waals surface area contributed by atoms with Gasteiger partial charge >= 0.3 is 0 Å². The highest BCUT2D eigenvalue weighted by Crippen LogP contribution is 2.36. The summed E-state index contributed by atoms with van der Waals surface area (Å²) >= 11 is 5.91. The van der Waals surface area contributed by atoms with Gasteiger partial charge in [-0.2, -0.15) is 0 Å². The highest BCUT2D eigenvalue weighted by atomic mass is 35.5. The zero-order valence-corrected chi connectivity index (χ0v) is 14.6. The molecule has 0 amide bonds. The molecular formula is C23H15ClO2. The van der Waals surface area contributed by atoms with Gasteiger partial charge in [0.15, 0.2) is 5.78 Å². The van der Waals surface area contributed by atoms with Crippen LogP contribution in [0.3, 0.4) is 0 Å². The first-order valence-corrected chi connectivity index (χ1v) is 8.64. The number of hydrogen-bond donors (Lipinski definition) is 0. The van der Waals surface area contributed by atoms with Crippen LogP contribution < -0.4 is 4.74 Å². The largest absolute Gasteiger partial charge is 0.456 e. The summed E-state index contributed by atoms with van der Waals surface area (Å²) in [7, 11) is 0. The molecule has 1 aliphatic rings. The lowest BCUT2D eigenvalue weighted by molar-refractivity contribution is 0.104. The molecule has 2 nitrogen and oxygen atoms in total. The smallest absolute Gasteiger partial charge is 0.189 e. The van der Waals surface area contributed by atoms with Crippen LogP contribution >= 0.6 is 11.6 Å². The minimum atomic E-state index is -0.127. The summed E-state index contributed by atoms with van der Waals surface area (Å²) in [5.41, 5.74) is 3.43. The fraction of sp³-hybridized carbons (Fsp3) is 0. The molecule has 0 atom stereocenters. The van der Waals surface area contributed by atoms with Crippen molar-refractivity contribution in [2.75, 3.05) is 0 Å². The number of carbonyl (C=O) groups excluding carboxylic acids is 1. The van der Waals surface area contributed by atoms with Crippen LogP contribution in [0.4, 0.5) is 0 Å². The summed E-state index contributed by atoms with van der Waals surface area (Å²) in [6.45, 7) is 0. The molecule has 0 radical (unpaired) electrons. The summed E-state index contributed by atoms with van der Waals surface area (Å²) in [5.74, 6) is 1.15. The fourth-order valence-electron chi connectivity index (χ4n) is 2.86. The molecule has 0 bridgehead atoms. The number of fused-ring (bicyclic) bond motifs is 1. The van der Waals surface area contributed by atoms with Crippen molar-refractivity contribution in [1.82, 2.24) is 0 Å². The van der Waals surface area contributed by atoms with E-state index in [0.717, 1.165) is 22.4 Å². The molecule has 3 heteroatoms. The second-order valence-corrected chi connectivity index (χ2v) is 6.38. The molecule has 0 saturated heterocycles. The summed E-state index contributed by atoms with van der Waals surface area (Å²) in [4.78, 5) is 12.7. The Morgan fingerprint density at radius 2 is 1.54 bits per heavy atom. The third-order valence-electron chi connectivity index (χ3n) is 4.18. The number of carbonyl (C=O) groups is 1. The molecule has 1 heterocycles. The van der Waals surface area contributed by atoms with Crippen molar-refractivity contribution in [1.29, 1.82) is 0 Å². The number of benzene rings is 3. The number of ketones is 1. The van der Waals surface area contributed by atoms with Crippen molar-refractivity contribution in [2.45, 2.75) is 0 Å². The highest BCUT2D eigenvalue weighted by Gasteiger charge is 2.19. The average molecular weight is 359 g/mol. The minimum absolute atomic E-state index is 0.127. The lowest BCUT2D eigenvalue weighted by Gasteiger charge is -2.21.